The molecule has 0 fully saturated rings. The standard InChI is InChI=1S/C20H19N3O2S/c1-2-18(24)22-12-13-7-9-14(10-8-13)19(25)23-20-16(11-21)15-5-3-4-6-17(15)26-20/h2,7-10H,1,3-6,12H2,(H,22,24)(H,23,25). The maximum atomic E-state index is 12.5. The van der Waals surface area contributed by atoms with Gasteiger partial charge < -0.3 is 10.6 Å². The van der Waals surface area contributed by atoms with E-state index in [2.05, 4.69) is 23.3 Å². The third-order valence-electron chi connectivity index (χ3n) is 4.38. The number of nitrogens with zero attached hydrogens (tertiary/aromatic N) is 1. The zero-order valence-corrected chi connectivity index (χ0v) is 15.1. The number of fused-ring (bicyclic) bond motifs is 1. The zero-order valence-electron chi connectivity index (χ0n) is 14.3. The monoisotopic (exact) mass is 365 g/mol. The molecule has 5 nitrogen and oxygen atoms in total. The number of aryl methyl sites for hydroxylation is 1. The largest absolute Gasteiger partial charge is 0.348 e. The van der Waals surface area contributed by atoms with E-state index >= 15 is 0 Å². The van der Waals surface area contributed by atoms with Crippen LogP contribution in [0.5, 0.6) is 0 Å². The Morgan fingerprint density at radius 3 is 2.65 bits per heavy atom. The quantitative estimate of drug-likeness (QED) is 0.795. The fourth-order valence-electron chi connectivity index (χ4n) is 2.98. The molecule has 0 aliphatic heterocycles. The van der Waals surface area contributed by atoms with Crippen molar-refractivity contribution in [2.24, 2.45) is 0 Å². The lowest BCUT2D eigenvalue weighted by atomic mass is 9.96. The Hall–Kier alpha value is -2.91. The summed E-state index contributed by atoms with van der Waals surface area (Å²) in [6, 6.07) is 9.26. The van der Waals surface area contributed by atoms with Crippen LogP contribution >= 0.6 is 11.3 Å². The fraction of sp³-hybridized carbons (Fsp3) is 0.250. The maximum Gasteiger partial charge on any atom is 0.256 e. The minimum atomic E-state index is -0.238. The van der Waals surface area contributed by atoms with E-state index in [9.17, 15) is 14.9 Å². The lowest BCUT2D eigenvalue weighted by Crippen LogP contribution is -2.20. The summed E-state index contributed by atoms with van der Waals surface area (Å²) in [4.78, 5) is 24.9. The number of amides is 2. The van der Waals surface area contributed by atoms with Gasteiger partial charge in [0.2, 0.25) is 5.91 Å². The van der Waals surface area contributed by atoms with Crippen LogP contribution in [0.25, 0.3) is 0 Å². The molecule has 2 aromatic rings. The van der Waals surface area contributed by atoms with Crippen LogP contribution in [0, 0.1) is 11.3 Å². The van der Waals surface area contributed by atoms with Crippen molar-refractivity contribution in [3.63, 3.8) is 0 Å². The van der Waals surface area contributed by atoms with Crippen LogP contribution in [0.15, 0.2) is 36.9 Å². The van der Waals surface area contributed by atoms with Crippen LogP contribution < -0.4 is 10.6 Å². The van der Waals surface area contributed by atoms with Gasteiger partial charge in [0, 0.05) is 17.0 Å². The molecule has 132 valence electrons. The van der Waals surface area contributed by atoms with Crippen molar-refractivity contribution in [2.75, 3.05) is 5.32 Å². The Kier molecular flexibility index (Phi) is 5.49. The molecule has 0 radical (unpaired) electrons. The van der Waals surface area contributed by atoms with Gasteiger partial charge in [-0.3, -0.25) is 9.59 Å². The van der Waals surface area contributed by atoms with E-state index in [0.29, 0.717) is 22.7 Å². The molecule has 1 aliphatic carbocycles. The Morgan fingerprint density at radius 1 is 1.23 bits per heavy atom. The summed E-state index contributed by atoms with van der Waals surface area (Å²) in [5.74, 6) is -0.473. The topological polar surface area (TPSA) is 82.0 Å². The Labute approximate surface area is 156 Å². The molecular weight excluding hydrogens is 346 g/mol. The number of carbonyl (C=O) groups excluding carboxylic acids is 2. The molecule has 0 saturated carbocycles. The Balaban J connectivity index is 1.71. The summed E-state index contributed by atoms with van der Waals surface area (Å²) in [6.07, 6.45) is 5.34. The minimum Gasteiger partial charge on any atom is -0.348 e. The second kappa shape index (κ2) is 7.98. The summed E-state index contributed by atoms with van der Waals surface area (Å²) >= 11 is 1.52. The van der Waals surface area contributed by atoms with E-state index < -0.39 is 0 Å². The van der Waals surface area contributed by atoms with Crippen molar-refractivity contribution in [3.8, 4) is 6.07 Å². The van der Waals surface area contributed by atoms with Crippen LogP contribution in [0.3, 0.4) is 0 Å². The highest BCUT2D eigenvalue weighted by Gasteiger charge is 2.22. The molecule has 6 heteroatoms. The van der Waals surface area contributed by atoms with Gasteiger partial charge in [0.05, 0.1) is 5.56 Å². The van der Waals surface area contributed by atoms with Gasteiger partial charge in [-0.15, -0.1) is 11.3 Å². The molecule has 1 aliphatic rings. The number of carbonyl (C=O) groups is 2. The molecular formula is C20H19N3O2S. The average molecular weight is 365 g/mol. The molecule has 26 heavy (non-hydrogen) atoms. The first kappa shape index (κ1) is 17.9. The summed E-state index contributed by atoms with van der Waals surface area (Å²) in [6.45, 7) is 3.78. The summed E-state index contributed by atoms with van der Waals surface area (Å²) < 4.78 is 0. The first-order valence-corrected chi connectivity index (χ1v) is 9.29. The van der Waals surface area contributed by atoms with Gasteiger partial charge in [0.15, 0.2) is 0 Å². The number of anilines is 1. The molecule has 3 rings (SSSR count). The number of nitriles is 1. The lowest BCUT2D eigenvalue weighted by Gasteiger charge is -2.09. The van der Waals surface area contributed by atoms with Crippen molar-refractivity contribution >= 4 is 28.2 Å². The van der Waals surface area contributed by atoms with Gasteiger partial charge in [-0.1, -0.05) is 18.7 Å². The van der Waals surface area contributed by atoms with Crippen molar-refractivity contribution in [3.05, 3.63) is 64.1 Å². The highest BCUT2D eigenvalue weighted by atomic mass is 32.1. The molecule has 0 unspecified atom stereocenters. The lowest BCUT2D eigenvalue weighted by molar-refractivity contribution is -0.116. The first-order chi connectivity index (χ1) is 12.6. The third-order valence-corrected chi connectivity index (χ3v) is 5.59. The third kappa shape index (κ3) is 3.84. The molecule has 1 aromatic carbocycles. The Bertz CT molecular complexity index is 891. The van der Waals surface area contributed by atoms with Crippen LogP contribution in [-0.2, 0) is 24.2 Å². The maximum absolute atomic E-state index is 12.5. The van der Waals surface area contributed by atoms with Gasteiger partial charge >= 0.3 is 0 Å². The van der Waals surface area contributed by atoms with E-state index in [1.807, 2.05) is 0 Å². The number of thiophene rings is 1. The zero-order chi connectivity index (χ0) is 18.5. The molecule has 0 bridgehead atoms. The van der Waals surface area contributed by atoms with Crippen LogP contribution in [0.4, 0.5) is 5.00 Å². The number of nitrogens with one attached hydrogen (secondary N) is 2. The normalized spacial score (nSPS) is 12.6. The summed E-state index contributed by atoms with van der Waals surface area (Å²) in [7, 11) is 0. The van der Waals surface area contributed by atoms with Crippen molar-refractivity contribution in [1.29, 1.82) is 5.26 Å². The van der Waals surface area contributed by atoms with Crippen LogP contribution in [-0.4, -0.2) is 11.8 Å². The average Bonchev–Trinajstić information content (AvgIpc) is 3.03. The predicted molar refractivity (Wildman–Crippen MR) is 102 cm³/mol. The van der Waals surface area contributed by atoms with Gasteiger partial charge in [-0.05, 0) is 55.0 Å². The van der Waals surface area contributed by atoms with Crippen LogP contribution in [0.1, 0.15) is 44.8 Å². The summed E-state index contributed by atoms with van der Waals surface area (Å²) in [5.41, 5.74) is 3.12. The number of hydrogen-bond acceptors (Lipinski definition) is 4. The highest BCUT2D eigenvalue weighted by Crippen LogP contribution is 2.37. The molecule has 0 atom stereocenters. The van der Waals surface area contributed by atoms with Gasteiger partial charge in [-0.25, -0.2) is 0 Å². The molecule has 2 N–H and O–H groups in total. The SMILES string of the molecule is C=CC(=O)NCc1ccc(C(=O)Nc2sc3c(c2C#N)CCCC3)cc1. The van der Waals surface area contributed by atoms with Crippen LogP contribution in [0.2, 0.25) is 0 Å². The highest BCUT2D eigenvalue weighted by molar-refractivity contribution is 7.16. The van der Waals surface area contributed by atoms with E-state index in [1.165, 1.54) is 22.3 Å². The number of benzene rings is 1. The van der Waals surface area contributed by atoms with Gasteiger partial charge in [0.1, 0.15) is 11.1 Å². The van der Waals surface area contributed by atoms with E-state index in [4.69, 9.17) is 0 Å². The Morgan fingerprint density at radius 2 is 1.96 bits per heavy atom. The number of rotatable bonds is 5. The second-order valence-corrected chi connectivity index (χ2v) is 7.20. The molecule has 1 heterocycles. The second-order valence-electron chi connectivity index (χ2n) is 6.10. The minimum absolute atomic E-state index is 0.234. The van der Waals surface area contributed by atoms with E-state index in [0.717, 1.165) is 36.8 Å². The van der Waals surface area contributed by atoms with Gasteiger partial charge in [0.25, 0.3) is 5.91 Å². The van der Waals surface area contributed by atoms with Crippen molar-refractivity contribution < 1.29 is 9.59 Å². The van der Waals surface area contributed by atoms with Crippen molar-refractivity contribution in [2.45, 2.75) is 32.2 Å². The van der Waals surface area contributed by atoms with E-state index in [1.54, 1.807) is 24.3 Å². The molecule has 2 amide bonds. The molecule has 0 saturated heterocycles. The molecule has 0 spiro atoms. The fourth-order valence-corrected chi connectivity index (χ4v) is 4.22. The van der Waals surface area contributed by atoms with Crippen molar-refractivity contribution in [1.82, 2.24) is 5.32 Å². The van der Waals surface area contributed by atoms with Gasteiger partial charge in [-0.2, -0.15) is 5.26 Å². The smallest absolute Gasteiger partial charge is 0.256 e. The first-order valence-electron chi connectivity index (χ1n) is 8.47. The van der Waals surface area contributed by atoms with E-state index in [-0.39, 0.29) is 11.8 Å². The summed E-state index contributed by atoms with van der Waals surface area (Å²) in [5, 5.41) is 15.7. The number of hydrogen-bond donors (Lipinski definition) is 2. The molecule has 1 aromatic heterocycles. The predicted octanol–water partition coefficient (Wildman–Crippen LogP) is 3.55.